The molecule has 0 saturated carbocycles. The van der Waals surface area contributed by atoms with Crippen molar-refractivity contribution in [3.05, 3.63) is 24.0 Å². The molecule has 0 aromatic carbocycles. The molecule has 0 aliphatic carbocycles. The molecule has 0 atom stereocenters. The van der Waals surface area contributed by atoms with Gasteiger partial charge in [-0.05, 0) is 6.92 Å². The van der Waals surface area contributed by atoms with Crippen LogP contribution in [0.15, 0.2) is 18.5 Å². The molecule has 2 nitrogen and oxygen atoms in total. The maximum atomic E-state index is 4.14. The van der Waals surface area contributed by atoms with Gasteiger partial charge in [0.05, 0.1) is 6.20 Å². The van der Waals surface area contributed by atoms with Crippen molar-refractivity contribution in [3.8, 4) is 0 Å². The van der Waals surface area contributed by atoms with Crippen LogP contribution in [0.3, 0.4) is 0 Å². The Bertz CT molecular complexity index is 240. The highest BCUT2D eigenvalue weighted by molar-refractivity contribution is 9.09. The summed E-state index contributed by atoms with van der Waals surface area (Å²) in [5, 5.41) is 5.03. The lowest BCUT2D eigenvalue weighted by Gasteiger charge is -1.88. The van der Waals surface area contributed by atoms with E-state index in [2.05, 4.69) is 34.0 Å². The number of aromatic nitrogens is 2. The number of hydrogen-bond acceptors (Lipinski definition) is 1. The molecule has 1 heterocycles. The van der Waals surface area contributed by atoms with E-state index in [0.29, 0.717) is 0 Å². The number of allylic oxidation sites excluding steroid dienone is 1. The lowest BCUT2D eigenvalue weighted by molar-refractivity contribution is 0.660. The predicted octanol–water partition coefficient (Wildman–Crippen LogP) is 2.31. The topological polar surface area (TPSA) is 17.8 Å². The molecule has 0 unspecified atom stereocenters. The molecule has 1 rings (SSSR count). The van der Waals surface area contributed by atoms with Crippen LogP contribution in [0.4, 0.5) is 0 Å². The summed E-state index contributed by atoms with van der Waals surface area (Å²) >= 11 is 3.32. The Balaban J connectivity index is 2.65. The zero-order chi connectivity index (χ0) is 8.10. The first kappa shape index (κ1) is 8.53. The smallest absolute Gasteiger partial charge is 0.0562 e. The Kier molecular flexibility index (Phi) is 3.36. The molecule has 0 saturated heterocycles. The Morgan fingerprint density at radius 1 is 1.73 bits per heavy atom. The van der Waals surface area contributed by atoms with Gasteiger partial charge in [0.2, 0.25) is 0 Å². The molecular weight excluding hydrogens is 204 g/mol. The minimum absolute atomic E-state index is 0.893. The van der Waals surface area contributed by atoms with Crippen molar-refractivity contribution in [1.82, 2.24) is 9.78 Å². The lowest BCUT2D eigenvalue weighted by Crippen LogP contribution is -1.91. The monoisotopic (exact) mass is 214 g/mol. The number of aryl methyl sites for hydroxylation is 1. The molecule has 3 heteroatoms. The van der Waals surface area contributed by atoms with Gasteiger partial charge in [-0.3, -0.25) is 4.68 Å². The third-order valence-electron chi connectivity index (χ3n) is 1.38. The van der Waals surface area contributed by atoms with Gasteiger partial charge in [0, 0.05) is 23.6 Å². The molecule has 0 fully saturated rings. The summed E-state index contributed by atoms with van der Waals surface area (Å²) in [5.74, 6) is 0. The van der Waals surface area contributed by atoms with Gasteiger partial charge in [-0.1, -0.05) is 28.1 Å². The summed E-state index contributed by atoms with van der Waals surface area (Å²) < 4.78 is 1.91. The van der Waals surface area contributed by atoms with E-state index in [1.165, 1.54) is 0 Å². The highest BCUT2D eigenvalue weighted by Crippen LogP contribution is 2.00. The predicted molar refractivity (Wildman–Crippen MR) is 50.7 cm³/mol. The van der Waals surface area contributed by atoms with Gasteiger partial charge in [-0.25, -0.2) is 0 Å². The Morgan fingerprint density at radius 2 is 2.55 bits per heavy atom. The lowest BCUT2D eigenvalue weighted by atomic mass is 10.3. The first-order chi connectivity index (χ1) is 5.36. The van der Waals surface area contributed by atoms with Crippen LogP contribution in [0.25, 0.3) is 6.08 Å². The number of halogens is 1. The summed E-state index contributed by atoms with van der Waals surface area (Å²) in [6.07, 6.45) is 7.99. The minimum Gasteiger partial charge on any atom is -0.272 e. The highest BCUT2D eigenvalue weighted by atomic mass is 79.9. The van der Waals surface area contributed by atoms with E-state index in [4.69, 9.17) is 0 Å². The van der Waals surface area contributed by atoms with Crippen molar-refractivity contribution in [1.29, 1.82) is 0 Å². The van der Waals surface area contributed by atoms with Crippen molar-refractivity contribution in [2.75, 3.05) is 5.33 Å². The van der Waals surface area contributed by atoms with E-state index < -0.39 is 0 Å². The maximum Gasteiger partial charge on any atom is 0.0562 e. The third kappa shape index (κ3) is 2.50. The molecular formula is C8H11BrN2. The summed E-state index contributed by atoms with van der Waals surface area (Å²) in [4.78, 5) is 0. The normalized spacial score (nSPS) is 11.1. The van der Waals surface area contributed by atoms with Crippen molar-refractivity contribution >= 4 is 22.0 Å². The quantitative estimate of drug-likeness (QED) is 0.707. The van der Waals surface area contributed by atoms with Gasteiger partial charge in [0.15, 0.2) is 0 Å². The molecule has 0 amide bonds. The second kappa shape index (κ2) is 4.34. The van der Waals surface area contributed by atoms with Crippen molar-refractivity contribution in [2.24, 2.45) is 0 Å². The van der Waals surface area contributed by atoms with Gasteiger partial charge in [0.1, 0.15) is 0 Å². The van der Waals surface area contributed by atoms with E-state index in [9.17, 15) is 0 Å². The van der Waals surface area contributed by atoms with E-state index in [1.54, 1.807) is 0 Å². The maximum absolute atomic E-state index is 4.14. The fourth-order valence-corrected chi connectivity index (χ4v) is 1.01. The number of nitrogens with zero attached hydrogens (tertiary/aromatic N) is 2. The first-order valence-corrected chi connectivity index (χ1v) is 4.74. The second-order valence-electron chi connectivity index (χ2n) is 2.19. The average molecular weight is 215 g/mol. The van der Waals surface area contributed by atoms with Gasteiger partial charge >= 0.3 is 0 Å². The highest BCUT2D eigenvalue weighted by Gasteiger charge is 1.90. The molecule has 0 N–H and O–H groups in total. The SMILES string of the molecule is CCn1cc(/C=C/CBr)cn1. The van der Waals surface area contributed by atoms with E-state index >= 15 is 0 Å². The second-order valence-corrected chi connectivity index (χ2v) is 2.83. The third-order valence-corrected chi connectivity index (χ3v) is 1.75. The summed E-state index contributed by atoms with van der Waals surface area (Å²) in [6.45, 7) is 3.01. The summed E-state index contributed by atoms with van der Waals surface area (Å²) in [7, 11) is 0. The largest absolute Gasteiger partial charge is 0.272 e. The van der Waals surface area contributed by atoms with E-state index in [0.717, 1.165) is 17.4 Å². The van der Waals surface area contributed by atoms with Gasteiger partial charge in [-0.2, -0.15) is 5.10 Å². The molecule has 0 bridgehead atoms. The van der Waals surface area contributed by atoms with Gasteiger partial charge in [-0.15, -0.1) is 0 Å². The van der Waals surface area contributed by atoms with Crippen LogP contribution in [0.5, 0.6) is 0 Å². The van der Waals surface area contributed by atoms with Crippen LogP contribution in [-0.4, -0.2) is 15.1 Å². The summed E-state index contributed by atoms with van der Waals surface area (Å²) in [6, 6.07) is 0. The Morgan fingerprint density at radius 3 is 3.09 bits per heavy atom. The fraction of sp³-hybridized carbons (Fsp3) is 0.375. The van der Waals surface area contributed by atoms with Crippen molar-refractivity contribution in [2.45, 2.75) is 13.5 Å². The zero-order valence-corrected chi connectivity index (χ0v) is 8.08. The molecule has 60 valence electrons. The number of rotatable bonds is 3. The van der Waals surface area contributed by atoms with E-state index in [-0.39, 0.29) is 0 Å². The Labute approximate surface area is 75.0 Å². The van der Waals surface area contributed by atoms with E-state index in [1.807, 2.05) is 23.2 Å². The average Bonchev–Trinajstić information content (AvgIpc) is 2.48. The Hall–Kier alpha value is -0.570. The van der Waals surface area contributed by atoms with Crippen molar-refractivity contribution in [3.63, 3.8) is 0 Å². The van der Waals surface area contributed by atoms with Crippen molar-refractivity contribution < 1.29 is 0 Å². The van der Waals surface area contributed by atoms with Crippen LogP contribution in [0, 0.1) is 0 Å². The van der Waals surface area contributed by atoms with Crippen LogP contribution >= 0.6 is 15.9 Å². The molecule has 11 heavy (non-hydrogen) atoms. The number of alkyl halides is 1. The summed E-state index contributed by atoms with van der Waals surface area (Å²) in [5.41, 5.74) is 1.16. The molecule has 0 spiro atoms. The molecule has 1 aromatic heterocycles. The van der Waals surface area contributed by atoms with Gasteiger partial charge < -0.3 is 0 Å². The van der Waals surface area contributed by atoms with Crippen LogP contribution in [0.2, 0.25) is 0 Å². The van der Waals surface area contributed by atoms with Gasteiger partial charge in [0.25, 0.3) is 0 Å². The fourth-order valence-electron chi connectivity index (χ4n) is 0.819. The molecule has 0 aliphatic rings. The zero-order valence-electron chi connectivity index (χ0n) is 6.50. The molecule has 0 aliphatic heterocycles. The minimum atomic E-state index is 0.893. The van der Waals surface area contributed by atoms with Crippen LogP contribution < -0.4 is 0 Å². The first-order valence-electron chi connectivity index (χ1n) is 3.61. The molecule has 1 aromatic rings. The molecule has 0 radical (unpaired) electrons. The number of hydrogen-bond donors (Lipinski definition) is 0. The van der Waals surface area contributed by atoms with Crippen LogP contribution in [0.1, 0.15) is 12.5 Å². The van der Waals surface area contributed by atoms with Crippen LogP contribution in [-0.2, 0) is 6.54 Å². The standard InChI is InChI=1S/C8H11BrN2/c1-2-11-7-8(6-10-11)4-3-5-9/h3-4,6-7H,2,5H2,1H3/b4-3+.